The van der Waals surface area contributed by atoms with Gasteiger partial charge in [0.1, 0.15) is 0 Å². The first kappa shape index (κ1) is 15.4. The number of ether oxygens (including phenoxy) is 3. The van der Waals surface area contributed by atoms with Crippen molar-refractivity contribution in [1.82, 2.24) is 0 Å². The topological polar surface area (TPSA) is 78.1 Å². The molecule has 1 atom stereocenters. The smallest absolute Gasteiger partial charge is 0.193 e. The first-order valence-electron chi connectivity index (χ1n) is 7.13. The second-order valence-electron chi connectivity index (χ2n) is 4.89. The lowest BCUT2D eigenvalue weighted by atomic mass is 10.2. The molecule has 1 fully saturated rings. The summed E-state index contributed by atoms with van der Waals surface area (Å²) in [6.07, 6.45) is 3.52. The molecule has 1 saturated heterocycles. The fourth-order valence-electron chi connectivity index (χ4n) is 2.30. The molecule has 0 saturated carbocycles. The van der Waals surface area contributed by atoms with Crippen LogP contribution < -0.4 is 20.5 Å². The molecule has 6 nitrogen and oxygen atoms in total. The van der Waals surface area contributed by atoms with Gasteiger partial charge < -0.3 is 25.3 Å². The Kier molecular flexibility index (Phi) is 5.68. The van der Waals surface area contributed by atoms with Gasteiger partial charge in [0, 0.05) is 24.9 Å². The van der Waals surface area contributed by atoms with Crippen LogP contribution in [-0.2, 0) is 4.74 Å². The molecule has 1 aliphatic rings. The Bertz CT molecular complexity index is 485. The Morgan fingerprint density at radius 3 is 2.86 bits per heavy atom. The molecule has 0 aliphatic carbocycles. The summed E-state index contributed by atoms with van der Waals surface area (Å²) in [6.45, 7) is 1.53. The van der Waals surface area contributed by atoms with Gasteiger partial charge in [0.2, 0.25) is 0 Å². The van der Waals surface area contributed by atoms with Crippen LogP contribution in [0.3, 0.4) is 0 Å². The highest BCUT2D eigenvalue weighted by atomic mass is 16.5. The molecule has 1 heterocycles. The van der Waals surface area contributed by atoms with Crippen molar-refractivity contribution in [3.63, 3.8) is 0 Å². The quantitative estimate of drug-likeness (QED) is 0.619. The highest BCUT2D eigenvalue weighted by Crippen LogP contribution is 2.29. The minimum atomic E-state index is 0.336. The number of methoxy groups -OCH3 is 2. The third-order valence-electron chi connectivity index (χ3n) is 3.41. The van der Waals surface area contributed by atoms with E-state index in [1.165, 1.54) is 0 Å². The van der Waals surface area contributed by atoms with Crippen LogP contribution in [0.1, 0.15) is 19.3 Å². The molecule has 0 bridgehead atoms. The molecule has 0 radical (unpaired) electrons. The Morgan fingerprint density at radius 1 is 1.38 bits per heavy atom. The van der Waals surface area contributed by atoms with E-state index in [4.69, 9.17) is 19.9 Å². The van der Waals surface area contributed by atoms with E-state index in [9.17, 15) is 0 Å². The van der Waals surface area contributed by atoms with Gasteiger partial charge in [-0.2, -0.15) is 0 Å². The van der Waals surface area contributed by atoms with E-state index < -0.39 is 0 Å². The van der Waals surface area contributed by atoms with Gasteiger partial charge in [-0.3, -0.25) is 4.99 Å². The number of benzene rings is 1. The molecule has 0 spiro atoms. The van der Waals surface area contributed by atoms with Crippen molar-refractivity contribution in [3.05, 3.63) is 18.2 Å². The summed E-state index contributed by atoms with van der Waals surface area (Å²) in [4.78, 5) is 4.31. The maximum Gasteiger partial charge on any atom is 0.193 e. The molecule has 1 unspecified atom stereocenters. The zero-order valence-corrected chi connectivity index (χ0v) is 12.6. The predicted octanol–water partition coefficient (Wildman–Crippen LogP) is 2.00. The molecular weight excluding hydrogens is 270 g/mol. The normalized spacial score (nSPS) is 18.6. The van der Waals surface area contributed by atoms with E-state index in [1.807, 2.05) is 18.2 Å². The van der Waals surface area contributed by atoms with E-state index in [0.29, 0.717) is 30.1 Å². The molecule has 21 heavy (non-hydrogen) atoms. The molecular formula is C15H23N3O3. The molecule has 0 aromatic heterocycles. The van der Waals surface area contributed by atoms with E-state index in [0.717, 1.165) is 31.6 Å². The van der Waals surface area contributed by atoms with Crippen molar-refractivity contribution in [2.75, 3.05) is 32.7 Å². The first-order chi connectivity index (χ1) is 10.2. The Balaban J connectivity index is 1.87. The molecule has 1 aromatic rings. The Labute approximate surface area is 125 Å². The van der Waals surface area contributed by atoms with Crippen molar-refractivity contribution in [2.45, 2.75) is 25.4 Å². The largest absolute Gasteiger partial charge is 0.493 e. The van der Waals surface area contributed by atoms with Crippen LogP contribution in [0.2, 0.25) is 0 Å². The second kappa shape index (κ2) is 7.73. The van der Waals surface area contributed by atoms with Crippen LogP contribution in [0, 0.1) is 0 Å². The van der Waals surface area contributed by atoms with E-state index in [1.54, 1.807) is 14.2 Å². The minimum Gasteiger partial charge on any atom is -0.493 e. The summed E-state index contributed by atoms with van der Waals surface area (Å²) in [5.74, 6) is 1.71. The lowest BCUT2D eigenvalue weighted by molar-refractivity contribution is 0.106. The fourth-order valence-corrected chi connectivity index (χ4v) is 2.30. The fraction of sp³-hybridized carbons (Fsp3) is 0.533. The molecule has 116 valence electrons. The van der Waals surface area contributed by atoms with E-state index in [2.05, 4.69) is 10.3 Å². The molecule has 6 heteroatoms. The number of nitrogens with one attached hydrogen (secondary N) is 1. The van der Waals surface area contributed by atoms with Crippen LogP contribution in [-0.4, -0.2) is 39.4 Å². The van der Waals surface area contributed by atoms with Crippen LogP contribution >= 0.6 is 0 Å². The van der Waals surface area contributed by atoms with Gasteiger partial charge >= 0.3 is 0 Å². The highest BCUT2D eigenvalue weighted by molar-refractivity contribution is 5.92. The summed E-state index contributed by atoms with van der Waals surface area (Å²) in [5.41, 5.74) is 6.69. The number of hydrogen-bond donors (Lipinski definition) is 2. The zero-order valence-electron chi connectivity index (χ0n) is 12.6. The van der Waals surface area contributed by atoms with Crippen LogP contribution in [0.15, 0.2) is 23.2 Å². The van der Waals surface area contributed by atoms with Crippen LogP contribution in [0.5, 0.6) is 11.5 Å². The third kappa shape index (κ3) is 4.53. The average Bonchev–Trinajstić information content (AvgIpc) is 3.00. The van der Waals surface area contributed by atoms with Gasteiger partial charge in [-0.25, -0.2) is 0 Å². The van der Waals surface area contributed by atoms with Crippen molar-refractivity contribution in [2.24, 2.45) is 10.7 Å². The molecule has 1 aliphatic heterocycles. The Morgan fingerprint density at radius 2 is 2.19 bits per heavy atom. The summed E-state index contributed by atoms with van der Waals surface area (Å²) in [6, 6.07) is 5.51. The SMILES string of the molecule is COc1ccc(NC(N)=NCCC2CCCO2)cc1OC. The third-order valence-corrected chi connectivity index (χ3v) is 3.41. The number of hydrogen-bond acceptors (Lipinski definition) is 4. The van der Waals surface area contributed by atoms with E-state index >= 15 is 0 Å². The molecule has 3 N–H and O–H groups in total. The van der Waals surface area contributed by atoms with Gasteiger partial charge in [0.15, 0.2) is 17.5 Å². The molecule has 2 rings (SSSR count). The monoisotopic (exact) mass is 293 g/mol. The van der Waals surface area contributed by atoms with Crippen molar-refractivity contribution in [3.8, 4) is 11.5 Å². The summed E-state index contributed by atoms with van der Waals surface area (Å²) >= 11 is 0. The maximum absolute atomic E-state index is 5.88. The number of aliphatic imine (C=N–C) groups is 1. The van der Waals surface area contributed by atoms with Crippen LogP contribution in [0.4, 0.5) is 5.69 Å². The van der Waals surface area contributed by atoms with Gasteiger partial charge in [0.25, 0.3) is 0 Å². The summed E-state index contributed by atoms with van der Waals surface area (Å²) < 4.78 is 16.0. The Hall–Kier alpha value is -1.95. The summed E-state index contributed by atoms with van der Waals surface area (Å²) in [5, 5.41) is 3.04. The lowest BCUT2D eigenvalue weighted by Crippen LogP contribution is -2.23. The van der Waals surface area contributed by atoms with Gasteiger partial charge in [0.05, 0.1) is 20.3 Å². The van der Waals surface area contributed by atoms with Crippen molar-refractivity contribution >= 4 is 11.6 Å². The predicted molar refractivity (Wildman–Crippen MR) is 83.2 cm³/mol. The minimum absolute atomic E-state index is 0.336. The van der Waals surface area contributed by atoms with Crippen LogP contribution in [0.25, 0.3) is 0 Å². The number of nitrogens with two attached hydrogens (primary N) is 1. The number of rotatable bonds is 6. The van der Waals surface area contributed by atoms with Gasteiger partial charge in [-0.1, -0.05) is 0 Å². The number of guanidine groups is 1. The number of anilines is 1. The van der Waals surface area contributed by atoms with E-state index in [-0.39, 0.29) is 0 Å². The highest BCUT2D eigenvalue weighted by Gasteiger charge is 2.14. The van der Waals surface area contributed by atoms with Gasteiger partial charge in [-0.05, 0) is 31.4 Å². The number of nitrogens with zero attached hydrogens (tertiary/aromatic N) is 1. The standard InChI is InChI=1S/C15H23N3O3/c1-19-13-6-5-11(10-14(13)20-2)18-15(16)17-8-7-12-4-3-9-21-12/h5-6,10,12H,3-4,7-9H2,1-2H3,(H3,16,17,18). The first-order valence-corrected chi connectivity index (χ1v) is 7.13. The molecule has 1 aromatic carbocycles. The van der Waals surface area contributed by atoms with Crippen molar-refractivity contribution in [1.29, 1.82) is 0 Å². The molecule has 0 amide bonds. The van der Waals surface area contributed by atoms with Gasteiger partial charge in [-0.15, -0.1) is 0 Å². The maximum atomic E-state index is 5.88. The second-order valence-corrected chi connectivity index (χ2v) is 4.89. The van der Waals surface area contributed by atoms with Crippen molar-refractivity contribution < 1.29 is 14.2 Å². The lowest BCUT2D eigenvalue weighted by Gasteiger charge is -2.11. The zero-order chi connectivity index (χ0) is 15.1. The summed E-state index contributed by atoms with van der Waals surface area (Å²) in [7, 11) is 3.20. The average molecular weight is 293 g/mol.